The molecule has 1 amide bonds. The molecule has 2 fully saturated rings. The third kappa shape index (κ3) is 5.55. The van der Waals surface area contributed by atoms with Crippen LogP contribution in [0.15, 0.2) is 53.4 Å². The highest BCUT2D eigenvalue weighted by Gasteiger charge is 2.27. The second kappa shape index (κ2) is 10.4. The van der Waals surface area contributed by atoms with Gasteiger partial charge in [0.15, 0.2) is 0 Å². The lowest BCUT2D eigenvalue weighted by Crippen LogP contribution is -2.35. The molecule has 8 heteroatoms. The lowest BCUT2D eigenvalue weighted by molar-refractivity contribution is -0.130. The zero-order chi connectivity index (χ0) is 23.3. The molecule has 174 valence electrons. The minimum absolute atomic E-state index is 0.130. The molecule has 2 aliphatic rings. The van der Waals surface area contributed by atoms with Crippen LogP contribution in [0.5, 0.6) is 0 Å². The van der Waals surface area contributed by atoms with Crippen LogP contribution in [0.2, 0.25) is 0 Å². The summed E-state index contributed by atoms with van der Waals surface area (Å²) >= 11 is 0. The van der Waals surface area contributed by atoms with Crippen LogP contribution < -0.4 is 4.90 Å². The summed E-state index contributed by atoms with van der Waals surface area (Å²) in [7, 11) is -3.40. The molecule has 4 rings (SSSR count). The van der Waals surface area contributed by atoms with E-state index in [0.717, 1.165) is 50.1 Å². The third-order valence-corrected chi connectivity index (χ3v) is 8.38. The van der Waals surface area contributed by atoms with Gasteiger partial charge in [-0.05, 0) is 67.6 Å². The van der Waals surface area contributed by atoms with Crippen LogP contribution in [0.25, 0.3) is 0 Å². The summed E-state index contributed by atoms with van der Waals surface area (Å²) in [5.41, 5.74) is 2.69. The van der Waals surface area contributed by atoms with Gasteiger partial charge < -0.3 is 9.80 Å². The molecule has 0 saturated carbocycles. The summed E-state index contributed by atoms with van der Waals surface area (Å²) in [6.45, 7) is 4.24. The fourth-order valence-corrected chi connectivity index (χ4v) is 6.00. The molecule has 0 N–H and O–H groups in total. The van der Waals surface area contributed by atoms with Gasteiger partial charge in [0.05, 0.1) is 16.5 Å². The van der Waals surface area contributed by atoms with Crippen LogP contribution in [-0.4, -0.2) is 62.8 Å². The Kier molecular flexibility index (Phi) is 7.31. The Labute approximate surface area is 196 Å². The molecule has 0 atom stereocenters. The van der Waals surface area contributed by atoms with E-state index in [1.54, 1.807) is 16.4 Å². The maximum atomic E-state index is 12.8. The molecule has 0 aromatic heterocycles. The predicted molar refractivity (Wildman–Crippen MR) is 127 cm³/mol. The summed E-state index contributed by atoms with van der Waals surface area (Å²) in [5.74, 6) is 0.130. The maximum absolute atomic E-state index is 12.8. The third-order valence-electron chi connectivity index (χ3n) is 6.46. The van der Waals surface area contributed by atoms with Crippen LogP contribution in [0.1, 0.15) is 36.8 Å². The van der Waals surface area contributed by atoms with Gasteiger partial charge in [-0.1, -0.05) is 12.1 Å². The fourth-order valence-electron chi connectivity index (χ4n) is 4.49. The van der Waals surface area contributed by atoms with Crippen molar-refractivity contribution >= 4 is 21.6 Å². The number of hydrogen-bond acceptors (Lipinski definition) is 5. The Balaban J connectivity index is 1.29. The Bertz CT molecular complexity index is 1100. The van der Waals surface area contributed by atoms with E-state index in [4.69, 9.17) is 5.26 Å². The van der Waals surface area contributed by atoms with Crippen molar-refractivity contribution in [3.05, 3.63) is 59.7 Å². The van der Waals surface area contributed by atoms with Gasteiger partial charge in [-0.2, -0.15) is 9.57 Å². The van der Waals surface area contributed by atoms with E-state index >= 15 is 0 Å². The molecule has 0 radical (unpaired) electrons. The predicted octanol–water partition coefficient (Wildman–Crippen LogP) is 3.01. The van der Waals surface area contributed by atoms with Gasteiger partial charge in [0.1, 0.15) is 0 Å². The van der Waals surface area contributed by atoms with Gasteiger partial charge in [0, 0.05) is 51.4 Å². The first-order valence-electron chi connectivity index (χ1n) is 11.6. The fraction of sp³-hybridized carbons (Fsp3) is 0.440. The van der Waals surface area contributed by atoms with E-state index in [0.29, 0.717) is 42.9 Å². The number of anilines is 1. The molecule has 2 aliphatic heterocycles. The highest BCUT2D eigenvalue weighted by molar-refractivity contribution is 7.89. The number of aryl methyl sites for hydroxylation is 1. The zero-order valence-corrected chi connectivity index (χ0v) is 19.6. The van der Waals surface area contributed by atoms with Gasteiger partial charge in [-0.3, -0.25) is 4.79 Å². The number of sulfonamides is 1. The second-order valence-corrected chi connectivity index (χ2v) is 10.6. The van der Waals surface area contributed by atoms with Crippen LogP contribution in [0, 0.1) is 11.3 Å². The SMILES string of the molecule is N#Cc1ccc(N2CCCN(C(=O)CCc3ccc(S(=O)(=O)N4CCCC4)cc3)CC2)cc1. The summed E-state index contributed by atoms with van der Waals surface area (Å²) in [6, 6.07) is 16.7. The van der Waals surface area contributed by atoms with E-state index in [9.17, 15) is 13.2 Å². The molecule has 2 aromatic carbocycles. The first kappa shape index (κ1) is 23.3. The Morgan fingerprint density at radius 3 is 2.21 bits per heavy atom. The van der Waals surface area contributed by atoms with Gasteiger partial charge in [-0.15, -0.1) is 0 Å². The number of amides is 1. The van der Waals surface area contributed by atoms with Crippen molar-refractivity contribution in [2.45, 2.75) is 37.0 Å². The first-order valence-corrected chi connectivity index (χ1v) is 13.0. The Hall–Kier alpha value is -2.89. The van der Waals surface area contributed by atoms with Crippen LogP contribution in [-0.2, 0) is 21.2 Å². The summed E-state index contributed by atoms with van der Waals surface area (Å²) in [4.78, 5) is 17.3. The summed E-state index contributed by atoms with van der Waals surface area (Å²) in [6.07, 6.45) is 3.74. The normalized spacial score (nSPS) is 17.5. The van der Waals surface area contributed by atoms with Gasteiger partial charge in [-0.25, -0.2) is 8.42 Å². The smallest absolute Gasteiger partial charge is 0.243 e. The topological polar surface area (TPSA) is 84.7 Å². The molecule has 0 aliphatic carbocycles. The number of nitriles is 1. The molecule has 2 heterocycles. The van der Waals surface area contributed by atoms with E-state index in [2.05, 4.69) is 11.0 Å². The van der Waals surface area contributed by atoms with E-state index in [1.807, 2.05) is 41.3 Å². The number of nitrogens with zero attached hydrogens (tertiary/aromatic N) is 4. The van der Waals surface area contributed by atoms with E-state index in [-0.39, 0.29) is 5.91 Å². The highest BCUT2D eigenvalue weighted by atomic mass is 32.2. The van der Waals surface area contributed by atoms with Crippen LogP contribution in [0.3, 0.4) is 0 Å². The second-order valence-electron chi connectivity index (χ2n) is 8.64. The average Bonchev–Trinajstić information content (AvgIpc) is 3.29. The van der Waals surface area contributed by atoms with Gasteiger partial charge >= 0.3 is 0 Å². The van der Waals surface area contributed by atoms with Crippen LogP contribution >= 0.6 is 0 Å². The lowest BCUT2D eigenvalue weighted by atomic mass is 10.1. The quantitative estimate of drug-likeness (QED) is 0.653. The van der Waals surface area contributed by atoms with Crippen molar-refractivity contribution in [1.29, 1.82) is 5.26 Å². The Morgan fingerprint density at radius 1 is 0.848 bits per heavy atom. The van der Waals surface area contributed by atoms with E-state index < -0.39 is 10.0 Å². The van der Waals surface area contributed by atoms with Crippen molar-refractivity contribution in [2.24, 2.45) is 0 Å². The van der Waals surface area contributed by atoms with Crippen molar-refractivity contribution in [3.63, 3.8) is 0 Å². The number of rotatable bonds is 6. The van der Waals surface area contributed by atoms with Crippen molar-refractivity contribution in [3.8, 4) is 6.07 Å². The number of carbonyl (C=O) groups is 1. The van der Waals surface area contributed by atoms with Gasteiger partial charge in [0.25, 0.3) is 0 Å². The zero-order valence-electron chi connectivity index (χ0n) is 18.8. The molecular formula is C25H30N4O3S. The first-order chi connectivity index (χ1) is 16.0. The molecule has 2 saturated heterocycles. The molecule has 0 unspecified atom stereocenters. The average molecular weight is 467 g/mol. The molecular weight excluding hydrogens is 436 g/mol. The number of hydrogen-bond donors (Lipinski definition) is 0. The molecule has 0 bridgehead atoms. The van der Waals surface area contributed by atoms with Crippen molar-refractivity contribution in [2.75, 3.05) is 44.2 Å². The largest absolute Gasteiger partial charge is 0.370 e. The molecule has 7 nitrogen and oxygen atoms in total. The van der Waals surface area contributed by atoms with Gasteiger partial charge in [0.2, 0.25) is 15.9 Å². The summed E-state index contributed by atoms with van der Waals surface area (Å²) in [5, 5.41) is 8.97. The molecule has 0 spiro atoms. The lowest BCUT2D eigenvalue weighted by Gasteiger charge is -2.24. The standard InChI is InChI=1S/C25H30N4O3S/c26-20-22-4-9-23(10-5-22)27-14-3-15-28(19-18-27)25(30)13-8-21-6-11-24(12-7-21)33(31,32)29-16-1-2-17-29/h4-7,9-12H,1-3,8,13-19H2. The molecule has 33 heavy (non-hydrogen) atoms. The number of benzene rings is 2. The minimum atomic E-state index is -3.40. The van der Waals surface area contributed by atoms with Crippen LogP contribution in [0.4, 0.5) is 5.69 Å². The monoisotopic (exact) mass is 466 g/mol. The minimum Gasteiger partial charge on any atom is -0.370 e. The maximum Gasteiger partial charge on any atom is 0.243 e. The summed E-state index contributed by atoms with van der Waals surface area (Å²) < 4.78 is 26.9. The highest BCUT2D eigenvalue weighted by Crippen LogP contribution is 2.22. The number of carbonyl (C=O) groups excluding carboxylic acids is 1. The molecule has 2 aromatic rings. The van der Waals surface area contributed by atoms with Crippen molar-refractivity contribution < 1.29 is 13.2 Å². The van der Waals surface area contributed by atoms with E-state index in [1.165, 1.54) is 0 Å². The Morgan fingerprint density at radius 2 is 1.55 bits per heavy atom. The van der Waals surface area contributed by atoms with Crippen molar-refractivity contribution in [1.82, 2.24) is 9.21 Å².